The predicted octanol–water partition coefficient (Wildman–Crippen LogP) is 1.47. The first-order chi connectivity index (χ1) is 1.89. The summed E-state index contributed by atoms with van der Waals surface area (Å²) in [6.07, 6.45) is 1.94. The third-order valence-electron chi connectivity index (χ3n) is 0.253. The van der Waals surface area contributed by atoms with E-state index < -0.39 is 0 Å². The summed E-state index contributed by atoms with van der Waals surface area (Å²) in [5.41, 5.74) is 2.88. The summed E-state index contributed by atoms with van der Waals surface area (Å²) < 4.78 is 1.26. The summed E-state index contributed by atoms with van der Waals surface area (Å²) >= 11 is 2.20. The second-order valence-electron chi connectivity index (χ2n) is 0.637. The highest BCUT2D eigenvalue weighted by molar-refractivity contribution is 14.1. The van der Waals surface area contributed by atoms with Gasteiger partial charge in [0.05, 0.1) is 3.58 Å². The van der Waals surface area contributed by atoms with Crippen molar-refractivity contribution in [2.75, 3.05) is 0 Å². The van der Waals surface area contributed by atoms with Crippen LogP contribution in [-0.2, 0) is 0 Å². The van der Waals surface area contributed by atoms with E-state index in [9.17, 15) is 0 Å². The van der Waals surface area contributed by atoms with Crippen LogP contribution in [0.15, 0.2) is 15.4 Å². The third kappa shape index (κ3) is 0.333. The lowest BCUT2D eigenvalue weighted by molar-refractivity contribution is 2.47. The lowest BCUT2D eigenvalue weighted by atomic mass is 11.0. The van der Waals surface area contributed by atoms with Gasteiger partial charge >= 0.3 is 0 Å². The second kappa shape index (κ2) is 0.597. The lowest BCUT2D eigenvalue weighted by Gasteiger charge is -1.41. The molecular weight excluding hydrogens is 163 g/mol. The second-order valence-corrected chi connectivity index (χ2v) is 1.80. The normalized spacial score (nSPS) is 15.8. The smallest absolute Gasteiger partial charge is 0.0626 e. The fourth-order valence-electron chi connectivity index (χ4n) is 0.0273. The van der Waals surface area contributed by atoms with E-state index >= 15 is 0 Å². The zero-order valence-electron chi connectivity index (χ0n) is 1.96. The Bertz CT molecular complexity index is 85.5. The molecule has 0 aliphatic heterocycles. The minimum Gasteiger partial charge on any atom is -0.104 e. The molecule has 0 heterocycles. The standard InChI is InChI=1S/C3HI/c4-3-1-2-3/h1H. The van der Waals surface area contributed by atoms with Crippen LogP contribution in [0, 0.1) is 0 Å². The monoisotopic (exact) mass is 164 g/mol. The lowest BCUT2D eigenvalue weighted by Crippen LogP contribution is -1.14. The molecule has 0 radical (unpaired) electrons. The molecule has 0 aromatic heterocycles. The summed E-state index contributed by atoms with van der Waals surface area (Å²) in [5.74, 6) is 0. The van der Waals surface area contributed by atoms with Gasteiger partial charge < -0.3 is 0 Å². The Balaban J connectivity index is 2.75. The van der Waals surface area contributed by atoms with E-state index in [2.05, 4.69) is 28.3 Å². The Morgan fingerprint density at radius 2 is 2.25 bits per heavy atom. The van der Waals surface area contributed by atoms with Crippen LogP contribution in [0.4, 0.5) is 0 Å². The predicted molar refractivity (Wildman–Crippen MR) is 25.6 cm³/mol. The van der Waals surface area contributed by atoms with Crippen LogP contribution in [0.25, 0.3) is 0 Å². The Hall–Kier alpha value is 0.250. The van der Waals surface area contributed by atoms with Crippen LogP contribution in [0.2, 0.25) is 0 Å². The molecule has 1 aliphatic rings. The summed E-state index contributed by atoms with van der Waals surface area (Å²) in [5, 5.41) is 0. The van der Waals surface area contributed by atoms with Crippen molar-refractivity contribution in [1.82, 2.24) is 0 Å². The number of allylic oxidation sites excluding steroid dienone is 1. The van der Waals surface area contributed by atoms with Gasteiger partial charge in [-0.05, 0) is 22.6 Å². The van der Waals surface area contributed by atoms with E-state index in [1.807, 2.05) is 6.08 Å². The molecule has 0 unspecified atom stereocenters. The fraction of sp³-hybridized carbons (Fsp3) is 0. The summed E-state index contributed by atoms with van der Waals surface area (Å²) in [7, 11) is 0. The maximum atomic E-state index is 2.88. The highest BCUT2D eigenvalue weighted by Crippen LogP contribution is 2.13. The minimum absolute atomic E-state index is 1.26. The molecule has 0 N–H and O–H groups in total. The van der Waals surface area contributed by atoms with Crippen LogP contribution >= 0.6 is 22.6 Å². The van der Waals surface area contributed by atoms with Gasteiger partial charge in [0, 0.05) is 6.08 Å². The zero-order chi connectivity index (χ0) is 2.99. The molecule has 0 atom stereocenters. The molecule has 1 rings (SSSR count). The topological polar surface area (TPSA) is 0 Å². The first-order valence-corrected chi connectivity index (χ1v) is 2.10. The van der Waals surface area contributed by atoms with Gasteiger partial charge in [-0.3, -0.25) is 0 Å². The van der Waals surface area contributed by atoms with Crippen molar-refractivity contribution >= 4 is 22.6 Å². The van der Waals surface area contributed by atoms with E-state index in [1.54, 1.807) is 0 Å². The number of hydrogen-bond acceptors (Lipinski definition) is 0. The van der Waals surface area contributed by atoms with Crippen molar-refractivity contribution in [3.63, 3.8) is 0 Å². The van der Waals surface area contributed by atoms with Crippen molar-refractivity contribution in [1.29, 1.82) is 0 Å². The summed E-state index contributed by atoms with van der Waals surface area (Å²) in [4.78, 5) is 0. The molecule has 0 aromatic carbocycles. The van der Waals surface area contributed by atoms with Crippen LogP contribution in [0.3, 0.4) is 0 Å². The van der Waals surface area contributed by atoms with Gasteiger partial charge in [-0.25, -0.2) is 0 Å². The third-order valence-corrected chi connectivity index (χ3v) is 0.876. The first-order valence-electron chi connectivity index (χ1n) is 1.02. The van der Waals surface area contributed by atoms with E-state index in [4.69, 9.17) is 0 Å². The van der Waals surface area contributed by atoms with Crippen LogP contribution in [0.1, 0.15) is 0 Å². The van der Waals surface area contributed by atoms with E-state index in [-0.39, 0.29) is 0 Å². The quantitative estimate of drug-likeness (QED) is 0.375. The summed E-state index contributed by atoms with van der Waals surface area (Å²) in [6.45, 7) is 0. The Kier molecular flexibility index (Phi) is 0.371. The molecule has 0 spiro atoms. The molecule has 0 fully saturated rings. The summed E-state index contributed by atoms with van der Waals surface area (Å²) in [6, 6.07) is 0. The molecule has 0 saturated carbocycles. The molecule has 0 nitrogen and oxygen atoms in total. The molecule has 1 heteroatoms. The van der Waals surface area contributed by atoms with Gasteiger partial charge in [0.1, 0.15) is 0 Å². The molecule has 4 heavy (non-hydrogen) atoms. The highest BCUT2D eigenvalue weighted by Gasteiger charge is 1.85. The van der Waals surface area contributed by atoms with Gasteiger partial charge in [-0.1, -0.05) is 0 Å². The Morgan fingerprint density at radius 1 is 2.00 bits per heavy atom. The average Bonchev–Trinajstić information content (AvgIpc) is 1.75. The van der Waals surface area contributed by atoms with Crippen LogP contribution in [-0.4, -0.2) is 0 Å². The maximum Gasteiger partial charge on any atom is 0.0626 e. The molecule has 0 aromatic rings. The molecule has 1 aliphatic carbocycles. The van der Waals surface area contributed by atoms with Crippen LogP contribution in [0.5, 0.6) is 0 Å². The van der Waals surface area contributed by atoms with E-state index in [1.165, 1.54) is 3.58 Å². The largest absolute Gasteiger partial charge is 0.104 e. The molecule has 0 bridgehead atoms. The highest BCUT2D eigenvalue weighted by atomic mass is 127. The van der Waals surface area contributed by atoms with Gasteiger partial charge in [-0.2, -0.15) is 0 Å². The van der Waals surface area contributed by atoms with Crippen molar-refractivity contribution in [2.45, 2.75) is 0 Å². The van der Waals surface area contributed by atoms with E-state index in [0.29, 0.717) is 0 Å². The van der Waals surface area contributed by atoms with E-state index in [0.717, 1.165) is 0 Å². The SMILES string of the molecule is IC1=C=C1. The number of hydrogen-bond donors (Lipinski definition) is 0. The van der Waals surface area contributed by atoms with Gasteiger partial charge in [-0.15, -0.1) is 5.73 Å². The Labute approximate surface area is 38.3 Å². The van der Waals surface area contributed by atoms with Crippen molar-refractivity contribution in [3.8, 4) is 0 Å². The zero-order valence-corrected chi connectivity index (χ0v) is 4.11. The molecule has 0 amide bonds. The first kappa shape index (κ1) is 2.49. The van der Waals surface area contributed by atoms with Crippen molar-refractivity contribution in [3.05, 3.63) is 15.4 Å². The number of halogens is 1. The van der Waals surface area contributed by atoms with Crippen molar-refractivity contribution < 1.29 is 0 Å². The number of rotatable bonds is 0. The Morgan fingerprint density at radius 3 is 2.25 bits per heavy atom. The van der Waals surface area contributed by atoms with Gasteiger partial charge in [0.2, 0.25) is 0 Å². The van der Waals surface area contributed by atoms with Crippen LogP contribution < -0.4 is 0 Å². The molecule has 0 saturated heterocycles. The fourth-order valence-corrected chi connectivity index (χ4v) is 0.183. The van der Waals surface area contributed by atoms with Crippen molar-refractivity contribution in [2.24, 2.45) is 0 Å². The van der Waals surface area contributed by atoms with Gasteiger partial charge in [0.15, 0.2) is 0 Å². The molecule has 20 valence electrons. The minimum atomic E-state index is 1.26. The average molecular weight is 164 g/mol. The van der Waals surface area contributed by atoms with Gasteiger partial charge in [0.25, 0.3) is 0 Å². The molecular formula is C3HI. The maximum absolute atomic E-state index is 2.88.